The van der Waals surface area contributed by atoms with Crippen LogP contribution in [0.25, 0.3) is 0 Å². The Hall–Kier alpha value is -1.45. The monoisotopic (exact) mass is 278 g/mol. The molecule has 1 amide bonds. The van der Waals surface area contributed by atoms with Crippen LogP contribution in [0.3, 0.4) is 0 Å². The number of nitrogens with zero attached hydrogens (tertiary/aromatic N) is 1. The van der Waals surface area contributed by atoms with Crippen molar-refractivity contribution >= 4 is 5.91 Å². The molecule has 2 rings (SSSR count). The fourth-order valence-electron chi connectivity index (χ4n) is 3.74. The number of carbonyl (C=O) groups excluding carboxylic acids is 1. The van der Waals surface area contributed by atoms with Gasteiger partial charge in [-0.3, -0.25) is 4.79 Å². The third-order valence-corrected chi connectivity index (χ3v) is 3.84. The van der Waals surface area contributed by atoms with Crippen molar-refractivity contribution in [2.24, 2.45) is 10.8 Å². The third kappa shape index (κ3) is 3.78. The fourth-order valence-corrected chi connectivity index (χ4v) is 3.74. The number of pyridine rings is 1. The largest absolute Gasteiger partial charge is 0.348 e. The van der Waals surface area contributed by atoms with Gasteiger partial charge in [0.05, 0.1) is 0 Å². The van der Waals surface area contributed by atoms with E-state index in [4.69, 9.17) is 0 Å². The molecule has 4 heteroatoms. The predicted octanol–water partition coefficient (Wildman–Crippen LogP) is 3.56. The zero-order valence-corrected chi connectivity index (χ0v) is 12.7. The lowest BCUT2D eigenvalue weighted by molar-refractivity contribution is 0.0709. The molecule has 1 fully saturated rings. The van der Waals surface area contributed by atoms with E-state index in [9.17, 15) is 9.18 Å². The summed E-state index contributed by atoms with van der Waals surface area (Å²) in [5, 5.41) is 3.01. The molecule has 1 aromatic rings. The van der Waals surface area contributed by atoms with Gasteiger partial charge in [-0.25, -0.2) is 4.98 Å². The Balaban J connectivity index is 2.08. The van der Waals surface area contributed by atoms with E-state index >= 15 is 0 Å². The van der Waals surface area contributed by atoms with Gasteiger partial charge in [0, 0.05) is 6.04 Å². The number of nitrogens with one attached hydrogen (secondary N) is 1. The van der Waals surface area contributed by atoms with Gasteiger partial charge >= 0.3 is 0 Å². The van der Waals surface area contributed by atoms with Gasteiger partial charge in [0.25, 0.3) is 5.91 Å². The highest BCUT2D eigenvalue weighted by Crippen LogP contribution is 2.45. The molecule has 1 N–H and O–H groups in total. The zero-order valence-electron chi connectivity index (χ0n) is 12.7. The Kier molecular flexibility index (Phi) is 3.85. The second kappa shape index (κ2) is 5.15. The van der Waals surface area contributed by atoms with Crippen molar-refractivity contribution in [3.05, 3.63) is 29.8 Å². The number of halogens is 1. The van der Waals surface area contributed by atoms with Crippen LogP contribution in [0.2, 0.25) is 0 Å². The Morgan fingerprint density at radius 2 is 1.85 bits per heavy atom. The maximum atomic E-state index is 13.1. The first kappa shape index (κ1) is 14.9. The van der Waals surface area contributed by atoms with E-state index < -0.39 is 5.95 Å². The van der Waals surface area contributed by atoms with Gasteiger partial charge in [-0.15, -0.1) is 0 Å². The number of rotatable bonds is 2. The van der Waals surface area contributed by atoms with Crippen LogP contribution in [0, 0.1) is 16.8 Å². The van der Waals surface area contributed by atoms with Gasteiger partial charge < -0.3 is 5.32 Å². The van der Waals surface area contributed by atoms with Crippen LogP contribution in [0.1, 0.15) is 57.4 Å². The number of amides is 1. The lowest BCUT2D eigenvalue weighted by atomic mass is 9.63. The topological polar surface area (TPSA) is 42.0 Å². The maximum Gasteiger partial charge on any atom is 0.270 e. The van der Waals surface area contributed by atoms with E-state index in [1.807, 2.05) is 0 Å². The molecule has 0 saturated heterocycles. The quantitative estimate of drug-likeness (QED) is 0.840. The molecule has 20 heavy (non-hydrogen) atoms. The van der Waals surface area contributed by atoms with E-state index in [-0.39, 0.29) is 28.5 Å². The highest BCUT2D eigenvalue weighted by molar-refractivity contribution is 5.92. The number of carbonyl (C=O) groups is 1. The lowest BCUT2D eigenvalue weighted by Crippen LogP contribution is -2.46. The summed E-state index contributed by atoms with van der Waals surface area (Å²) < 4.78 is 13.1. The predicted molar refractivity (Wildman–Crippen MR) is 76.9 cm³/mol. The van der Waals surface area contributed by atoms with Crippen molar-refractivity contribution in [3.8, 4) is 0 Å². The molecule has 1 aromatic heterocycles. The highest BCUT2D eigenvalue weighted by Gasteiger charge is 2.39. The molecule has 0 aliphatic heterocycles. The van der Waals surface area contributed by atoms with Gasteiger partial charge in [0.15, 0.2) is 0 Å². The van der Waals surface area contributed by atoms with Crippen LogP contribution < -0.4 is 5.32 Å². The summed E-state index contributed by atoms with van der Waals surface area (Å²) in [7, 11) is 0. The minimum atomic E-state index is -0.623. The lowest BCUT2D eigenvalue weighted by Gasteiger charge is -2.45. The van der Waals surface area contributed by atoms with Crippen LogP contribution in [-0.4, -0.2) is 16.9 Å². The Labute approximate surface area is 120 Å². The molecule has 0 radical (unpaired) electrons. The molecule has 0 spiro atoms. The van der Waals surface area contributed by atoms with Crippen molar-refractivity contribution in [2.75, 3.05) is 0 Å². The SMILES string of the molecule is CC1(C)CC(NC(=O)c2cccc(F)n2)CC(C)(C)C1. The van der Waals surface area contributed by atoms with Crippen molar-refractivity contribution in [1.82, 2.24) is 10.3 Å². The van der Waals surface area contributed by atoms with Crippen molar-refractivity contribution in [1.29, 1.82) is 0 Å². The molecular formula is C16H23FN2O. The van der Waals surface area contributed by atoms with E-state index in [0.717, 1.165) is 19.3 Å². The number of aromatic nitrogens is 1. The van der Waals surface area contributed by atoms with E-state index in [1.165, 1.54) is 18.2 Å². The molecule has 0 atom stereocenters. The standard InChI is InChI=1S/C16H23FN2O/c1-15(2)8-11(9-16(3,4)10-15)18-14(20)12-6-5-7-13(17)19-12/h5-7,11H,8-10H2,1-4H3,(H,18,20). The zero-order chi connectivity index (χ0) is 15.0. The molecule has 1 aliphatic rings. The molecular weight excluding hydrogens is 255 g/mol. The van der Waals surface area contributed by atoms with Crippen LogP contribution in [0.15, 0.2) is 18.2 Å². The normalized spacial score (nSPS) is 21.4. The minimum absolute atomic E-state index is 0.117. The third-order valence-electron chi connectivity index (χ3n) is 3.84. The van der Waals surface area contributed by atoms with Gasteiger partial charge in [-0.05, 0) is 42.2 Å². The average Bonchev–Trinajstić information content (AvgIpc) is 2.24. The Morgan fingerprint density at radius 3 is 2.40 bits per heavy atom. The first-order valence-electron chi connectivity index (χ1n) is 7.10. The van der Waals surface area contributed by atoms with Gasteiger partial charge in [-0.1, -0.05) is 33.8 Å². The van der Waals surface area contributed by atoms with Crippen LogP contribution >= 0.6 is 0 Å². The first-order valence-corrected chi connectivity index (χ1v) is 7.10. The summed E-state index contributed by atoms with van der Waals surface area (Å²) in [5.74, 6) is -0.912. The maximum absolute atomic E-state index is 13.1. The number of hydrogen-bond donors (Lipinski definition) is 1. The first-order chi connectivity index (χ1) is 9.17. The van der Waals surface area contributed by atoms with Crippen LogP contribution in [0.4, 0.5) is 4.39 Å². The summed E-state index contributed by atoms with van der Waals surface area (Å²) >= 11 is 0. The van der Waals surface area contributed by atoms with Crippen molar-refractivity contribution < 1.29 is 9.18 Å². The Morgan fingerprint density at radius 1 is 1.25 bits per heavy atom. The minimum Gasteiger partial charge on any atom is -0.348 e. The van der Waals surface area contributed by atoms with Crippen molar-refractivity contribution in [2.45, 2.75) is 53.0 Å². The summed E-state index contributed by atoms with van der Waals surface area (Å²) in [4.78, 5) is 15.8. The van der Waals surface area contributed by atoms with Gasteiger partial charge in [0.2, 0.25) is 5.95 Å². The van der Waals surface area contributed by atoms with Crippen LogP contribution in [-0.2, 0) is 0 Å². The molecule has 1 heterocycles. The smallest absolute Gasteiger partial charge is 0.270 e. The molecule has 0 bridgehead atoms. The molecule has 110 valence electrons. The summed E-state index contributed by atoms with van der Waals surface area (Å²) in [6.07, 6.45) is 3.03. The second-order valence-corrected chi connectivity index (χ2v) is 7.43. The van der Waals surface area contributed by atoms with Crippen molar-refractivity contribution in [3.63, 3.8) is 0 Å². The summed E-state index contributed by atoms with van der Waals surface area (Å²) in [6.45, 7) is 8.92. The van der Waals surface area contributed by atoms with Gasteiger partial charge in [-0.2, -0.15) is 4.39 Å². The van der Waals surface area contributed by atoms with Gasteiger partial charge in [0.1, 0.15) is 5.69 Å². The number of hydrogen-bond acceptors (Lipinski definition) is 2. The second-order valence-electron chi connectivity index (χ2n) is 7.43. The highest BCUT2D eigenvalue weighted by atomic mass is 19.1. The molecule has 0 aromatic carbocycles. The Bertz CT molecular complexity index is 495. The summed E-state index contributed by atoms with van der Waals surface area (Å²) in [6, 6.07) is 4.40. The van der Waals surface area contributed by atoms with E-state index in [1.54, 1.807) is 0 Å². The fraction of sp³-hybridized carbons (Fsp3) is 0.625. The van der Waals surface area contributed by atoms with E-state index in [0.29, 0.717) is 0 Å². The molecule has 0 unspecified atom stereocenters. The van der Waals surface area contributed by atoms with Crippen LogP contribution in [0.5, 0.6) is 0 Å². The molecule has 1 aliphatic carbocycles. The summed E-state index contributed by atoms with van der Waals surface area (Å²) in [5.41, 5.74) is 0.551. The van der Waals surface area contributed by atoms with E-state index in [2.05, 4.69) is 38.0 Å². The average molecular weight is 278 g/mol. The molecule has 3 nitrogen and oxygen atoms in total. The molecule has 1 saturated carbocycles.